The van der Waals surface area contributed by atoms with Crippen LogP contribution in [0.4, 0.5) is 13.2 Å². The third-order valence-electron chi connectivity index (χ3n) is 6.14. The number of nitrogens with zero attached hydrogens (tertiary/aromatic N) is 2. The molecule has 0 unspecified atom stereocenters. The molecule has 0 radical (unpaired) electrons. The first-order chi connectivity index (χ1) is 18.7. The fraction of sp³-hybridized carbons (Fsp3) is 0.129. The molecule has 5 nitrogen and oxygen atoms in total. The molecule has 0 aliphatic carbocycles. The lowest BCUT2D eigenvalue weighted by Crippen LogP contribution is -2.45. The van der Waals surface area contributed by atoms with Crippen LogP contribution in [0.2, 0.25) is 0 Å². The van der Waals surface area contributed by atoms with E-state index >= 15 is 0 Å². The van der Waals surface area contributed by atoms with E-state index in [4.69, 9.17) is 0 Å². The van der Waals surface area contributed by atoms with Gasteiger partial charge < -0.3 is 10.0 Å². The van der Waals surface area contributed by atoms with E-state index in [-0.39, 0.29) is 13.0 Å². The van der Waals surface area contributed by atoms with Crippen LogP contribution in [-0.2, 0) is 28.7 Å². The second-order valence-electron chi connectivity index (χ2n) is 8.87. The highest BCUT2D eigenvalue weighted by molar-refractivity contribution is 5.94. The van der Waals surface area contributed by atoms with Gasteiger partial charge in [0.25, 0.3) is 0 Å². The number of aliphatic carboxylic acids is 1. The van der Waals surface area contributed by atoms with Crippen molar-refractivity contribution < 1.29 is 27.9 Å². The van der Waals surface area contributed by atoms with Crippen LogP contribution in [0.25, 0.3) is 17.3 Å². The zero-order valence-electron chi connectivity index (χ0n) is 20.8. The standard InChI is InChI=1S/C31H25F3N2O3/c32-31(33,34)26-16-11-22(12-17-26)13-18-29(37)36(28(30(38)39)20-23-6-2-1-3-7-23)21-24-9-14-25(15-10-24)27-8-4-5-19-35-27/h1-19,28H,20-21H2,(H,38,39)/t28-/m0/s1. The Balaban J connectivity index is 1.60. The summed E-state index contributed by atoms with van der Waals surface area (Å²) in [5, 5.41) is 10.1. The van der Waals surface area contributed by atoms with Gasteiger partial charge in [0.15, 0.2) is 0 Å². The molecule has 0 bridgehead atoms. The van der Waals surface area contributed by atoms with E-state index in [1.54, 1.807) is 30.5 Å². The highest BCUT2D eigenvalue weighted by atomic mass is 19.4. The average molecular weight is 531 g/mol. The van der Waals surface area contributed by atoms with Crippen molar-refractivity contribution in [1.29, 1.82) is 0 Å². The maximum atomic E-state index is 13.4. The van der Waals surface area contributed by atoms with Gasteiger partial charge in [-0.05, 0) is 47.0 Å². The van der Waals surface area contributed by atoms with Crippen LogP contribution >= 0.6 is 0 Å². The largest absolute Gasteiger partial charge is 0.480 e. The Hall–Kier alpha value is -4.72. The van der Waals surface area contributed by atoms with E-state index in [0.29, 0.717) is 11.1 Å². The topological polar surface area (TPSA) is 70.5 Å². The zero-order valence-corrected chi connectivity index (χ0v) is 20.8. The lowest BCUT2D eigenvalue weighted by Gasteiger charge is -2.28. The van der Waals surface area contributed by atoms with Gasteiger partial charge in [0.1, 0.15) is 6.04 Å². The highest BCUT2D eigenvalue weighted by Gasteiger charge is 2.30. The molecule has 0 saturated heterocycles. The van der Waals surface area contributed by atoms with Gasteiger partial charge in [0, 0.05) is 30.8 Å². The Labute approximate surface area is 223 Å². The van der Waals surface area contributed by atoms with Gasteiger partial charge in [0.05, 0.1) is 11.3 Å². The molecule has 0 aliphatic rings. The first kappa shape index (κ1) is 27.3. The van der Waals surface area contributed by atoms with Crippen molar-refractivity contribution in [2.24, 2.45) is 0 Å². The van der Waals surface area contributed by atoms with Crippen LogP contribution in [-0.4, -0.2) is 32.9 Å². The number of pyridine rings is 1. The second-order valence-corrected chi connectivity index (χ2v) is 8.87. The second kappa shape index (κ2) is 12.2. The van der Waals surface area contributed by atoms with E-state index in [2.05, 4.69) is 4.98 Å². The van der Waals surface area contributed by atoms with Crippen LogP contribution in [0.3, 0.4) is 0 Å². The molecule has 0 saturated carbocycles. The normalized spacial score (nSPS) is 12.3. The van der Waals surface area contributed by atoms with Crippen molar-refractivity contribution in [3.63, 3.8) is 0 Å². The number of carbonyl (C=O) groups is 2. The van der Waals surface area contributed by atoms with Gasteiger partial charge in [-0.2, -0.15) is 13.2 Å². The van der Waals surface area contributed by atoms with Gasteiger partial charge in [-0.3, -0.25) is 9.78 Å². The number of alkyl halides is 3. The number of benzene rings is 3. The minimum atomic E-state index is -4.47. The van der Waals surface area contributed by atoms with Crippen molar-refractivity contribution in [2.75, 3.05) is 0 Å². The van der Waals surface area contributed by atoms with Crippen LogP contribution < -0.4 is 0 Å². The van der Waals surface area contributed by atoms with E-state index in [9.17, 15) is 27.9 Å². The molecule has 1 aromatic heterocycles. The van der Waals surface area contributed by atoms with E-state index in [1.165, 1.54) is 29.2 Å². The third kappa shape index (κ3) is 7.41. The van der Waals surface area contributed by atoms with Crippen LogP contribution in [0.1, 0.15) is 22.3 Å². The summed E-state index contributed by atoms with van der Waals surface area (Å²) in [4.78, 5) is 31.3. The van der Waals surface area contributed by atoms with Crippen molar-refractivity contribution in [3.8, 4) is 11.3 Å². The summed E-state index contributed by atoms with van der Waals surface area (Å²) in [7, 11) is 0. The molecule has 1 N–H and O–H groups in total. The maximum absolute atomic E-state index is 13.4. The van der Waals surface area contributed by atoms with Crippen molar-refractivity contribution >= 4 is 18.0 Å². The van der Waals surface area contributed by atoms with Crippen molar-refractivity contribution in [3.05, 3.63) is 132 Å². The van der Waals surface area contributed by atoms with Crippen molar-refractivity contribution in [1.82, 2.24) is 9.88 Å². The summed E-state index contributed by atoms with van der Waals surface area (Å²) in [6, 6.07) is 25.1. The van der Waals surface area contributed by atoms with Gasteiger partial charge in [-0.15, -0.1) is 0 Å². The maximum Gasteiger partial charge on any atom is 0.416 e. The van der Waals surface area contributed by atoms with Crippen molar-refractivity contribution in [2.45, 2.75) is 25.2 Å². The average Bonchev–Trinajstić information content (AvgIpc) is 2.94. The summed E-state index contributed by atoms with van der Waals surface area (Å²) in [5.41, 5.74) is 2.70. The van der Waals surface area contributed by atoms with Crippen LogP contribution in [0, 0.1) is 0 Å². The molecule has 39 heavy (non-hydrogen) atoms. The molecule has 1 atom stereocenters. The fourth-order valence-electron chi connectivity index (χ4n) is 4.07. The molecular weight excluding hydrogens is 505 g/mol. The fourth-order valence-corrected chi connectivity index (χ4v) is 4.07. The Bertz CT molecular complexity index is 1420. The monoisotopic (exact) mass is 530 g/mol. The Morgan fingerprint density at radius 3 is 2.10 bits per heavy atom. The summed E-state index contributed by atoms with van der Waals surface area (Å²) in [6.07, 6.45) is -0.129. The molecule has 0 fully saturated rings. The number of aromatic nitrogens is 1. The highest BCUT2D eigenvalue weighted by Crippen LogP contribution is 2.29. The molecule has 8 heteroatoms. The number of carboxylic acids is 1. The number of carboxylic acid groups (broad SMARTS) is 1. The quantitative estimate of drug-likeness (QED) is 0.251. The lowest BCUT2D eigenvalue weighted by atomic mass is 10.0. The minimum absolute atomic E-state index is 0.0164. The third-order valence-corrected chi connectivity index (χ3v) is 6.14. The van der Waals surface area contributed by atoms with E-state index in [0.717, 1.165) is 29.0 Å². The first-order valence-corrected chi connectivity index (χ1v) is 12.1. The molecule has 3 aromatic carbocycles. The molecular formula is C31H25F3N2O3. The molecule has 4 rings (SSSR count). The van der Waals surface area contributed by atoms with Crippen LogP contribution in [0.15, 0.2) is 109 Å². The van der Waals surface area contributed by atoms with Gasteiger partial charge >= 0.3 is 12.1 Å². The number of hydrogen-bond donors (Lipinski definition) is 1. The molecule has 198 valence electrons. The summed E-state index contributed by atoms with van der Waals surface area (Å²) < 4.78 is 38.6. The Morgan fingerprint density at radius 1 is 0.846 bits per heavy atom. The number of rotatable bonds is 9. The minimum Gasteiger partial charge on any atom is -0.480 e. The van der Waals surface area contributed by atoms with Gasteiger partial charge in [0.2, 0.25) is 5.91 Å². The molecule has 0 aliphatic heterocycles. The summed E-state index contributed by atoms with van der Waals surface area (Å²) in [6.45, 7) is 0.0164. The summed E-state index contributed by atoms with van der Waals surface area (Å²) >= 11 is 0. The number of carbonyl (C=O) groups excluding carboxylic acids is 1. The Morgan fingerprint density at radius 2 is 1.51 bits per heavy atom. The smallest absolute Gasteiger partial charge is 0.416 e. The number of hydrogen-bond acceptors (Lipinski definition) is 3. The summed E-state index contributed by atoms with van der Waals surface area (Å²) in [5.74, 6) is -1.74. The molecule has 4 aromatic rings. The zero-order chi connectivity index (χ0) is 27.8. The van der Waals surface area contributed by atoms with Crippen LogP contribution in [0.5, 0.6) is 0 Å². The first-order valence-electron chi connectivity index (χ1n) is 12.1. The lowest BCUT2D eigenvalue weighted by molar-refractivity contribution is -0.148. The predicted octanol–water partition coefficient (Wildman–Crippen LogP) is 6.51. The number of halogens is 3. The van der Waals surface area contributed by atoms with Gasteiger partial charge in [-0.1, -0.05) is 72.8 Å². The van der Waals surface area contributed by atoms with Gasteiger partial charge in [-0.25, -0.2) is 4.79 Å². The van der Waals surface area contributed by atoms with E-state index < -0.39 is 29.7 Å². The van der Waals surface area contributed by atoms with E-state index in [1.807, 2.05) is 48.5 Å². The molecule has 0 spiro atoms. The Kier molecular flexibility index (Phi) is 8.56. The molecule has 1 heterocycles. The predicted molar refractivity (Wildman–Crippen MR) is 142 cm³/mol. The molecule has 1 amide bonds. The number of amides is 1. The SMILES string of the molecule is O=C(O)[C@H](Cc1ccccc1)N(Cc1ccc(-c2ccccn2)cc1)C(=O)C=Cc1ccc(C(F)(F)F)cc1.